The smallest absolute Gasteiger partial charge is 0.132 e. The Hall–Kier alpha value is 0.0900. The van der Waals surface area contributed by atoms with Gasteiger partial charge in [-0.15, -0.1) is 0 Å². The molecule has 0 aliphatic heterocycles. The molecule has 0 saturated heterocycles. The van der Waals surface area contributed by atoms with Crippen molar-refractivity contribution in [1.82, 2.24) is 0 Å². The summed E-state index contributed by atoms with van der Waals surface area (Å²) in [6, 6.07) is 5.67. The topological polar surface area (TPSA) is 0 Å². The summed E-state index contributed by atoms with van der Waals surface area (Å²) in [6.07, 6.45) is 0. The van der Waals surface area contributed by atoms with Gasteiger partial charge in [-0.2, -0.15) is 0 Å². The molecular formula is C12H9FI2. The Balaban J connectivity index is 2.99. The third-order valence-corrected chi connectivity index (χ3v) is 4.92. The maximum Gasteiger partial charge on any atom is 0.132 e. The Bertz CT molecular complexity index is 547. The molecule has 0 amide bonds. The van der Waals surface area contributed by atoms with Crippen molar-refractivity contribution in [3.8, 4) is 0 Å². The molecular weight excluding hydrogens is 417 g/mol. The number of rotatable bonds is 0. The van der Waals surface area contributed by atoms with E-state index < -0.39 is 0 Å². The van der Waals surface area contributed by atoms with E-state index in [1.807, 2.05) is 26.0 Å². The molecule has 0 N–H and O–H groups in total. The molecule has 0 nitrogen and oxygen atoms in total. The molecule has 78 valence electrons. The predicted molar refractivity (Wildman–Crippen MR) is 78.8 cm³/mol. The first-order valence-corrected chi connectivity index (χ1v) is 6.71. The van der Waals surface area contributed by atoms with Crippen molar-refractivity contribution in [2.75, 3.05) is 0 Å². The molecule has 0 aliphatic rings. The predicted octanol–water partition coefficient (Wildman–Crippen LogP) is 4.80. The summed E-state index contributed by atoms with van der Waals surface area (Å²) in [5, 5.41) is 1.74. The van der Waals surface area contributed by atoms with Crippen LogP contribution in [0, 0.1) is 26.8 Å². The highest BCUT2D eigenvalue weighted by Gasteiger charge is 2.10. The Morgan fingerprint density at radius 2 is 1.73 bits per heavy atom. The Labute approximate surface area is 116 Å². The van der Waals surface area contributed by atoms with Gasteiger partial charge in [-0.05, 0) is 87.7 Å². The van der Waals surface area contributed by atoms with E-state index in [1.54, 1.807) is 6.07 Å². The second-order valence-corrected chi connectivity index (χ2v) is 5.88. The minimum atomic E-state index is -0.117. The first-order chi connectivity index (χ1) is 7.00. The molecule has 0 heterocycles. The highest BCUT2D eigenvalue weighted by atomic mass is 127. The summed E-state index contributed by atoms with van der Waals surface area (Å²) in [6.45, 7) is 3.95. The van der Waals surface area contributed by atoms with E-state index in [4.69, 9.17) is 0 Å². The number of benzene rings is 2. The Morgan fingerprint density at radius 3 is 2.40 bits per heavy atom. The van der Waals surface area contributed by atoms with Gasteiger partial charge in [0.2, 0.25) is 0 Å². The van der Waals surface area contributed by atoms with Crippen LogP contribution in [0.4, 0.5) is 4.39 Å². The van der Waals surface area contributed by atoms with Gasteiger partial charge in [0.1, 0.15) is 5.82 Å². The van der Waals surface area contributed by atoms with Crippen molar-refractivity contribution in [2.24, 2.45) is 0 Å². The summed E-state index contributed by atoms with van der Waals surface area (Å²) in [5.41, 5.74) is 2.13. The van der Waals surface area contributed by atoms with Gasteiger partial charge >= 0.3 is 0 Å². The highest BCUT2D eigenvalue weighted by Crippen LogP contribution is 2.30. The largest absolute Gasteiger partial charge is 0.206 e. The van der Waals surface area contributed by atoms with E-state index >= 15 is 0 Å². The molecule has 15 heavy (non-hydrogen) atoms. The van der Waals surface area contributed by atoms with Crippen LogP contribution in [0.15, 0.2) is 18.2 Å². The van der Waals surface area contributed by atoms with Gasteiger partial charge in [0.25, 0.3) is 0 Å². The van der Waals surface area contributed by atoms with Crippen molar-refractivity contribution < 1.29 is 4.39 Å². The lowest BCUT2D eigenvalue weighted by atomic mass is 10.0. The quantitative estimate of drug-likeness (QED) is 0.531. The minimum absolute atomic E-state index is 0.117. The molecule has 0 aromatic heterocycles. The molecule has 3 heteroatoms. The number of hydrogen-bond acceptors (Lipinski definition) is 0. The Kier molecular flexibility index (Phi) is 3.21. The van der Waals surface area contributed by atoms with Crippen molar-refractivity contribution in [3.63, 3.8) is 0 Å². The number of hydrogen-bond donors (Lipinski definition) is 0. The van der Waals surface area contributed by atoms with Crippen molar-refractivity contribution in [3.05, 3.63) is 42.3 Å². The average molecular weight is 426 g/mol. The van der Waals surface area contributed by atoms with Crippen LogP contribution in [0.5, 0.6) is 0 Å². The lowest BCUT2D eigenvalue weighted by Gasteiger charge is -2.09. The average Bonchev–Trinajstić information content (AvgIpc) is 2.13. The minimum Gasteiger partial charge on any atom is -0.206 e. The summed E-state index contributed by atoms with van der Waals surface area (Å²) in [4.78, 5) is 0. The maximum atomic E-state index is 13.8. The van der Waals surface area contributed by atoms with Gasteiger partial charge in [-0.1, -0.05) is 6.07 Å². The molecule has 0 spiro atoms. The summed E-state index contributed by atoms with van der Waals surface area (Å²) >= 11 is 4.52. The van der Waals surface area contributed by atoms with E-state index in [2.05, 4.69) is 45.2 Å². The van der Waals surface area contributed by atoms with E-state index in [9.17, 15) is 4.39 Å². The molecule has 2 rings (SSSR count). The van der Waals surface area contributed by atoms with E-state index in [1.165, 1.54) is 3.57 Å². The van der Waals surface area contributed by atoms with Crippen LogP contribution >= 0.6 is 45.2 Å². The molecule has 0 fully saturated rings. The van der Waals surface area contributed by atoms with Crippen LogP contribution in [0.25, 0.3) is 10.8 Å². The van der Waals surface area contributed by atoms with Crippen molar-refractivity contribution >= 4 is 56.0 Å². The van der Waals surface area contributed by atoms with E-state index in [0.717, 1.165) is 25.5 Å². The zero-order valence-electron chi connectivity index (χ0n) is 8.37. The molecule has 0 radical (unpaired) electrons. The number of halogens is 3. The fourth-order valence-corrected chi connectivity index (χ4v) is 3.63. The lowest BCUT2D eigenvalue weighted by Crippen LogP contribution is -1.92. The first kappa shape index (κ1) is 11.6. The standard InChI is InChI=1S/C12H9FI2/c1-6-3-8-5-10(14)7(2)12(15)11(8)9(13)4-6/h3-5H,1-2H3. The molecule has 0 aliphatic carbocycles. The molecule has 2 aromatic rings. The van der Waals surface area contributed by atoms with Gasteiger partial charge < -0.3 is 0 Å². The van der Waals surface area contributed by atoms with Gasteiger partial charge in [0, 0.05) is 12.5 Å². The van der Waals surface area contributed by atoms with E-state index in [-0.39, 0.29) is 5.82 Å². The molecule has 0 saturated carbocycles. The second kappa shape index (κ2) is 4.16. The normalized spacial score (nSPS) is 11.0. The highest BCUT2D eigenvalue weighted by molar-refractivity contribution is 14.1. The summed E-state index contributed by atoms with van der Waals surface area (Å²) in [5.74, 6) is -0.117. The van der Waals surface area contributed by atoms with Crippen LogP contribution in [-0.2, 0) is 0 Å². The fraction of sp³-hybridized carbons (Fsp3) is 0.167. The zero-order chi connectivity index (χ0) is 11.2. The maximum absolute atomic E-state index is 13.8. The first-order valence-electron chi connectivity index (χ1n) is 4.55. The third kappa shape index (κ3) is 2.00. The van der Waals surface area contributed by atoms with Crippen LogP contribution in [0.2, 0.25) is 0 Å². The lowest BCUT2D eigenvalue weighted by molar-refractivity contribution is 0.638. The van der Waals surface area contributed by atoms with Gasteiger partial charge in [-0.3, -0.25) is 0 Å². The second-order valence-electron chi connectivity index (χ2n) is 3.64. The Morgan fingerprint density at radius 1 is 1.07 bits per heavy atom. The number of aryl methyl sites for hydroxylation is 1. The monoisotopic (exact) mass is 426 g/mol. The molecule has 0 unspecified atom stereocenters. The van der Waals surface area contributed by atoms with Gasteiger partial charge in [0.05, 0.1) is 0 Å². The van der Waals surface area contributed by atoms with Crippen LogP contribution in [0.1, 0.15) is 11.1 Å². The summed E-state index contributed by atoms with van der Waals surface area (Å²) in [7, 11) is 0. The summed E-state index contributed by atoms with van der Waals surface area (Å²) < 4.78 is 16.0. The number of fused-ring (bicyclic) bond motifs is 1. The van der Waals surface area contributed by atoms with Crippen LogP contribution in [-0.4, -0.2) is 0 Å². The van der Waals surface area contributed by atoms with Gasteiger partial charge in [-0.25, -0.2) is 4.39 Å². The molecule has 0 bridgehead atoms. The third-order valence-electron chi connectivity index (χ3n) is 2.45. The van der Waals surface area contributed by atoms with Gasteiger partial charge in [0.15, 0.2) is 0 Å². The van der Waals surface area contributed by atoms with Crippen molar-refractivity contribution in [1.29, 1.82) is 0 Å². The van der Waals surface area contributed by atoms with Crippen LogP contribution in [0.3, 0.4) is 0 Å². The SMILES string of the molecule is Cc1cc(F)c2c(I)c(C)c(I)cc2c1. The van der Waals surface area contributed by atoms with E-state index in [0.29, 0.717) is 0 Å². The fourth-order valence-electron chi connectivity index (χ4n) is 1.65. The molecule has 2 aromatic carbocycles. The molecule has 0 atom stereocenters. The van der Waals surface area contributed by atoms with Crippen molar-refractivity contribution in [2.45, 2.75) is 13.8 Å². The zero-order valence-corrected chi connectivity index (χ0v) is 12.7. The van der Waals surface area contributed by atoms with Crippen LogP contribution < -0.4 is 0 Å².